The van der Waals surface area contributed by atoms with Crippen LogP contribution in [0.25, 0.3) is 0 Å². The van der Waals surface area contributed by atoms with Gasteiger partial charge in [0, 0.05) is 0 Å². The van der Waals surface area contributed by atoms with E-state index in [0.717, 1.165) is 0 Å². The first kappa shape index (κ1) is 28.0. The van der Waals surface area contributed by atoms with Crippen molar-refractivity contribution < 1.29 is 85.9 Å². The van der Waals surface area contributed by atoms with Crippen molar-refractivity contribution in [2.75, 3.05) is 0 Å². The number of rotatable bonds is 0. The Balaban J connectivity index is -0.000000000833. The molecule has 5 heteroatoms. The van der Waals surface area contributed by atoms with E-state index in [4.69, 9.17) is 3.54 Å². The molecular formula is H5KO3Os. The van der Waals surface area contributed by atoms with Gasteiger partial charge in [-0.15, -0.1) is 0 Å². The fraction of sp³-hybridized carbons (Fsp3) is 0. The van der Waals surface area contributed by atoms with Crippen LogP contribution < -0.4 is 51.4 Å². The summed E-state index contributed by atoms with van der Waals surface area (Å²) in [6.07, 6.45) is 0. The molecule has 0 saturated carbocycles. The van der Waals surface area contributed by atoms with Gasteiger partial charge in [0.25, 0.3) is 0 Å². The molecule has 0 aromatic carbocycles. The molecule has 0 aliphatic carbocycles. The average molecular weight is 282 g/mol. The maximum atomic E-state index is 8.28. The van der Waals surface area contributed by atoms with Crippen molar-refractivity contribution in [1.82, 2.24) is 0 Å². The normalized spacial score (nSPS) is 1.00. The Morgan fingerprint density at radius 3 is 1.20 bits per heavy atom. The molecule has 0 saturated heterocycles. The second kappa shape index (κ2) is 37.6. The molecule has 5 heavy (non-hydrogen) atoms. The van der Waals surface area contributed by atoms with Crippen molar-refractivity contribution >= 4 is 0 Å². The first-order valence-electron chi connectivity index (χ1n) is 0.144. The standard InChI is InChI=1S/K.2H2O.O.Os.H/h;2*1H2;;;/q+1;;;;;-1. The van der Waals surface area contributed by atoms with Crippen molar-refractivity contribution in [3.05, 3.63) is 0 Å². The van der Waals surface area contributed by atoms with Gasteiger partial charge in [-0.2, -0.15) is 0 Å². The third-order valence-electron chi connectivity index (χ3n) is 0. The molecule has 0 aliphatic rings. The van der Waals surface area contributed by atoms with Crippen LogP contribution in [-0.2, 0) is 22.1 Å². The fourth-order valence-electron chi connectivity index (χ4n) is 0. The van der Waals surface area contributed by atoms with Gasteiger partial charge in [0.2, 0.25) is 0 Å². The molecule has 0 unspecified atom stereocenters. The summed E-state index contributed by atoms with van der Waals surface area (Å²) in [5.41, 5.74) is 0. The summed E-state index contributed by atoms with van der Waals surface area (Å²) in [5, 5.41) is 0. The Morgan fingerprint density at radius 1 is 1.20 bits per heavy atom. The molecule has 0 spiro atoms. The first-order chi connectivity index (χ1) is 1.00. The van der Waals surface area contributed by atoms with E-state index in [9.17, 15) is 0 Å². The predicted octanol–water partition coefficient (Wildman–Crippen LogP) is -4.65. The second-order valence-corrected chi connectivity index (χ2v) is 0. The SMILES string of the molecule is O.O.[H-].[K+].[O]=[Os]. The van der Waals surface area contributed by atoms with Crippen molar-refractivity contribution in [2.45, 2.75) is 0 Å². The molecule has 0 bridgehead atoms. The van der Waals surface area contributed by atoms with Crippen LogP contribution in [0.4, 0.5) is 0 Å². The molecule has 32 valence electrons. The molecule has 4 N–H and O–H groups in total. The van der Waals surface area contributed by atoms with Crippen molar-refractivity contribution in [1.29, 1.82) is 0 Å². The number of hydrogen-bond acceptors (Lipinski definition) is 1. The van der Waals surface area contributed by atoms with Crippen LogP contribution in [0.15, 0.2) is 0 Å². The molecule has 3 nitrogen and oxygen atoms in total. The molecular weight excluding hydrogens is 277 g/mol. The molecule has 0 radical (unpaired) electrons. The van der Waals surface area contributed by atoms with Crippen LogP contribution in [0.1, 0.15) is 1.43 Å². The minimum atomic E-state index is 0. The topological polar surface area (TPSA) is 80.1 Å². The zero-order valence-corrected chi connectivity index (χ0v) is 8.43. The van der Waals surface area contributed by atoms with Gasteiger partial charge in [0.05, 0.1) is 0 Å². The van der Waals surface area contributed by atoms with Crippen LogP contribution in [0.3, 0.4) is 0 Å². The summed E-state index contributed by atoms with van der Waals surface area (Å²) in [4.78, 5) is 0. The molecule has 0 atom stereocenters. The van der Waals surface area contributed by atoms with Gasteiger partial charge in [-0.3, -0.25) is 0 Å². The Labute approximate surface area is 84.2 Å². The van der Waals surface area contributed by atoms with Crippen molar-refractivity contribution in [3.8, 4) is 0 Å². The summed E-state index contributed by atoms with van der Waals surface area (Å²) >= 11 is 0.611. The van der Waals surface area contributed by atoms with E-state index in [1.165, 1.54) is 0 Å². The second-order valence-electron chi connectivity index (χ2n) is 0. The van der Waals surface area contributed by atoms with Gasteiger partial charge in [0.1, 0.15) is 0 Å². The average Bonchev–Trinajstić information content (AvgIpc) is 1.00. The van der Waals surface area contributed by atoms with Gasteiger partial charge in [0.15, 0.2) is 0 Å². The Morgan fingerprint density at radius 2 is 1.20 bits per heavy atom. The Kier molecular flexibility index (Phi) is 211. The quantitative estimate of drug-likeness (QED) is 0.411. The van der Waals surface area contributed by atoms with Gasteiger partial charge in [-0.1, -0.05) is 0 Å². The zero-order chi connectivity index (χ0) is 2.00. The van der Waals surface area contributed by atoms with Crippen LogP contribution in [0.2, 0.25) is 0 Å². The third kappa shape index (κ3) is 24.1. The summed E-state index contributed by atoms with van der Waals surface area (Å²) in [6.45, 7) is 0. The van der Waals surface area contributed by atoms with Crippen LogP contribution in [0, 0.1) is 0 Å². The van der Waals surface area contributed by atoms with Crippen LogP contribution >= 0.6 is 0 Å². The Bertz CT molecular complexity index is 10.8. The molecule has 0 aromatic rings. The Hall–Kier alpha value is 1.99. The van der Waals surface area contributed by atoms with E-state index in [1.807, 2.05) is 0 Å². The molecule has 0 rings (SSSR count). The monoisotopic (exact) mass is 284 g/mol. The van der Waals surface area contributed by atoms with E-state index in [-0.39, 0.29) is 63.8 Å². The minimum absolute atomic E-state index is 0. The first-order valence-corrected chi connectivity index (χ1v) is 1.18. The van der Waals surface area contributed by atoms with E-state index in [2.05, 4.69) is 0 Å². The van der Waals surface area contributed by atoms with Crippen LogP contribution in [0.5, 0.6) is 0 Å². The summed E-state index contributed by atoms with van der Waals surface area (Å²) in [5.74, 6) is 0. The number of hydrogen-bond donors (Lipinski definition) is 0. The van der Waals surface area contributed by atoms with Crippen molar-refractivity contribution in [2.24, 2.45) is 0 Å². The van der Waals surface area contributed by atoms with Gasteiger partial charge < -0.3 is 12.4 Å². The van der Waals surface area contributed by atoms with Gasteiger partial charge in [-0.05, 0) is 0 Å². The maximum absolute atomic E-state index is 8.28. The molecule has 0 aliphatic heterocycles. The predicted molar refractivity (Wildman–Crippen MR) is 9.03 cm³/mol. The molecule has 0 amide bonds. The molecule has 0 fully saturated rings. The van der Waals surface area contributed by atoms with E-state index in [0.29, 0.717) is 18.6 Å². The zero-order valence-electron chi connectivity index (χ0n) is 3.76. The van der Waals surface area contributed by atoms with Gasteiger partial charge >= 0.3 is 73.5 Å². The van der Waals surface area contributed by atoms with Crippen molar-refractivity contribution in [3.63, 3.8) is 0 Å². The molecule has 0 heterocycles. The van der Waals surface area contributed by atoms with E-state index >= 15 is 0 Å². The van der Waals surface area contributed by atoms with Crippen LogP contribution in [-0.4, -0.2) is 11.0 Å². The summed E-state index contributed by atoms with van der Waals surface area (Å²) < 4.78 is 8.28. The fourth-order valence-corrected chi connectivity index (χ4v) is 0. The summed E-state index contributed by atoms with van der Waals surface area (Å²) in [6, 6.07) is 0. The third-order valence-corrected chi connectivity index (χ3v) is 0. The van der Waals surface area contributed by atoms with Gasteiger partial charge in [-0.25, -0.2) is 0 Å². The summed E-state index contributed by atoms with van der Waals surface area (Å²) in [7, 11) is 0. The molecule has 0 aromatic heterocycles. The van der Waals surface area contributed by atoms with E-state index < -0.39 is 0 Å². The van der Waals surface area contributed by atoms with E-state index in [1.54, 1.807) is 0 Å².